The van der Waals surface area contributed by atoms with Gasteiger partial charge in [-0.3, -0.25) is 0 Å². The lowest BCUT2D eigenvalue weighted by Crippen LogP contribution is -2.19. The minimum atomic E-state index is -0.914. The van der Waals surface area contributed by atoms with Gasteiger partial charge in [0.2, 0.25) is 0 Å². The van der Waals surface area contributed by atoms with E-state index in [0.717, 1.165) is 12.2 Å². The largest absolute Gasteiger partial charge is 0.207 e. The molecular weight excluding hydrogens is 284 g/mol. The molecule has 1 aromatic rings. The predicted octanol–water partition coefficient (Wildman–Crippen LogP) is 6.05. The molecule has 2 rings (SSSR count). The van der Waals surface area contributed by atoms with Gasteiger partial charge in [-0.15, -0.1) is 0 Å². The minimum absolute atomic E-state index is 0.618. The zero-order valence-corrected chi connectivity index (χ0v) is 14.4. The smallest absolute Gasteiger partial charge is 0.0148 e. The van der Waals surface area contributed by atoms with Gasteiger partial charge in [0.15, 0.2) is 0 Å². The van der Waals surface area contributed by atoms with Gasteiger partial charge in [-0.05, 0) is 30.2 Å². The highest BCUT2D eigenvalue weighted by Crippen LogP contribution is 2.59. The zero-order chi connectivity index (χ0) is 15.8. The molecular formula is C21H26S. The van der Waals surface area contributed by atoms with Crippen LogP contribution in [0.2, 0.25) is 0 Å². The van der Waals surface area contributed by atoms with E-state index < -0.39 is 10.0 Å². The number of benzene rings is 1. The fraction of sp³-hybridized carbons (Fsp3) is 0.238. The molecule has 1 heteroatoms. The van der Waals surface area contributed by atoms with E-state index in [1.807, 2.05) is 12.2 Å². The van der Waals surface area contributed by atoms with Crippen LogP contribution in [0.5, 0.6) is 0 Å². The minimum Gasteiger partial charge on any atom is -0.207 e. The summed E-state index contributed by atoms with van der Waals surface area (Å²) in [4.78, 5) is 1.50. The molecule has 0 N–H and O–H groups in total. The third-order valence-electron chi connectivity index (χ3n) is 4.08. The molecule has 0 saturated carbocycles. The first kappa shape index (κ1) is 16.6. The maximum atomic E-state index is 3.71. The van der Waals surface area contributed by atoms with Gasteiger partial charge in [0.05, 0.1) is 0 Å². The van der Waals surface area contributed by atoms with Crippen LogP contribution in [0.25, 0.3) is 0 Å². The van der Waals surface area contributed by atoms with Crippen molar-refractivity contribution in [3.63, 3.8) is 0 Å². The molecule has 116 valence electrons. The fourth-order valence-electron chi connectivity index (χ4n) is 2.77. The summed E-state index contributed by atoms with van der Waals surface area (Å²) in [5.74, 6) is 1.11. The lowest BCUT2D eigenvalue weighted by Gasteiger charge is -2.43. The van der Waals surface area contributed by atoms with E-state index in [2.05, 4.69) is 86.5 Å². The highest BCUT2D eigenvalue weighted by Gasteiger charge is 2.28. The van der Waals surface area contributed by atoms with Crippen molar-refractivity contribution < 1.29 is 0 Å². The Morgan fingerprint density at radius 3 is 2.64 bits per heavy atom. The van der Waals surface area contributed by atoms with Crippen molar-refractivity contribution in [1.29, 1.82) is 0 Å². The van der Waals surface area contributed by atoms with Crippen LogP contribution in [0.1, 0.15) is 13.3 Å². The Balaban J connectivity index is 2.28. The van der Waals surface area contributed by atoms with Crippen LogP contribution in [0.4, 0.5) is 0 Å². The molecule has 0 bridgehead atoms. The molecule has 2 atom stereocenters. The van der Waals surface area contributed by atoms with Crippen molar-refractivity contribution in [2.75, 3.05) is 12.0 Å². The highest BCUT2D eigenvalue weighted by molar-refractivity contribution is 8.33. The number of hydrogen-bond acceptors (Lipinski definition) is 0. The Morgan fingerprint density at radius 2 is 1.95 bits per heavy atom. The third kappa shape index (κ3) is 4.14. The lowest BCUT2D eigenvalue weighted by atomic mass is 10.1. The van der Waals surface area contributed by atoms with Gasteiger partial charge in [0.1, 0.15) is 0 Å². The van der Waals surface area contributed by atoms with Crippen molar-refractivity contribution in [2.45, 2.75) is 23.5 Å². The van der Waals surface area contributed by atoms with Crippen LogP contribution in [-0.2, 0) is 0 Å². The Labute approximate surface area is 137 Å². The summed E-state index contributed by atoms with van der Waals surface area (Å²) in [6, 6.07) is 11.0. The Bertz CT molecular complexity index is 604. The van der Waals surface area contributed by atoms with Gasteiger partial charge in [-0.1, -0.05) is 91.1 Å². The van der Waals surface area contributed by atoms with Crippen LogP contribution in [0.15, 0.2) is 96.0 Å². The molecule has 0 spiro atoms. The average molecular weight is 311 g/mol. The molecule has 0 fully saturated rings. The van der Waals surface area contributed by atoms with Crippen LogP contribution in [0.3, 0.4) is 0 Å². The quantitative estimate of drug-likeness (QED) is 0.561. The first-order valence-electron chi connectivity index (χ1n) is 7.76. The van der Waals surface area contributed by atoms with Gasteiger partial charge in [0, 0.05) is 5.25 Å². The van der Waals surface area contributed by atoms with E-state index in [4.69, 9.17) is 0 Å². The fourth-order valence-corrected chi connectivity index (χ4v) is 5.90. The van der Waals surface area contributed by atoms with Crippen molar-refractivity contribution in [2.24, 2.45) is 0 Å². The average Bonchev–Trinajstić information content (AvgIpc) is 2.55. The van der Waals surface area contributed by atoms with Gasteiger partial charge < -0.3 is 0 Å². The molecule has 22 heavy (non-hydrogen) atoms. The second-order valence-electron chi connectivity index (χ2n) is 5.77. The Kier molecular flexibility index (Phi) is 6.09. The molecule has 0 nitrogen and oxygen atoms in total. The van der Waals surface area contributed by atoms with Crippen LogP contribution in [-0.4, -0.2) is 17.3 Å². The topological polar surface area (TPSA) is 0 Å². The van der Waals surface area contributed by atoms with E-state index in [0.29, 0.717) is 5.25 Å². The van der Waals surface area contributed by atoms with Crippen molar-refractivity contribution in [1.82, 2.24) is 0 Å². The first-order chi connectivity index (χ1) is 10.7. The van der Waals surface area contributed by atoms with E-state index in [-0.39, 0.29) is 0 Å². The molecule has 0 radical (unpaired) electrons. The maximum absolute atomic E-state index is 3.71. The normalized spacial score (nSPS) is 22.5. The summed E-state index contributed by atoms with van der Waals surface area (Å²) in [5.41, 5.74) is 1.39. The monoisotopic (exact) mass is 310 g/mol. The van der Waals surface area contributed by atoms with Crippen LogP contribution in [0, 0.1) is 0 Å². The second-order valence-corrected chi connectivity index (χ2v) is 9.50. The molecule has 0 heterocycles. The van der Waals surface area contributed by atoms with Crippen LogP contribution >= 0.6 is 10.0 Å². The second kappa shape index (κ2) is 8.05. The standard InChI is InChI=1S/C21H26S/c1-4-5-6-7-11-17-22(3,20-14-9-8-10-15-20)21-16-12-13-19(2)18-21/h4-15,18,21H,1,16-17H2,2-3H3/b6-5-,11-7-. The number of allylic oxidation sites excluding steroid dienone is 7. The summed E-state index contributed by atoms with van der Waals surface area (Å²) < 4.78 is 0. The van der Waals surface area contributed by atoms with Crippen molar-refractivity contribution in [3.8, 4) is 0 Å². The first-order valence-corrected chi connectivity index (χ1v) is 10.0. The molecule has 0 saturated heterocycles. The van der Waals surface area contributed by atoms with E-state index >= 15 is 0 Å². The van der Waals surface area contributed by atoms with Gasteiger partial charge >= 0.3 is 0 Å². The zero-order valence-electron chi connectivity index (χ0n) is 13.6. The molecule has 1 aromatic carbocycles. The van der Waals surface area contributed by atoms with E-state index in [1.165, 1.54) is 10.5 Å². The lowest BCUT2D eigenvalue weighted by molar-refractivity contribution is 1.01. The predicted molar refractivity (Wildman–Crippen MR) is 103 cm³/mol. The summed E-state index contributed by atoms with van der Waals surface area (Å²) in [7, 11) is -0.914. The number of rotatable bonds is 6. The van der Waals surface area contributed by atoms with Crippen LogP contribution < -0.4 is 0 Å². The van der Waals surface area contributed by atoms with Crippen molar-refractivity contribution in [3.05, 3.63) is 91.1 Å². The van der Waals surface area contributed by atoms with Gasteiger partial charge in [-0.2, -0.15) is 0 Å². The molecule has 1 aliphatic rings. The SMILES string of the molecule is C=C/C=C\C=C/CS(C)(c1ccccc1)C1C=C(C)C=CC1. The summed E-state index contributed by atoms with van der Waals surface area (Å²) >= 11 is 0. The summed E-state index contributed by atoms with van der Waals surface area (Å²) in [6.07, 6.45) is 20.9. The van der Waals surface area contributed by atoms with E-state index in [1.54, 1.807) is 0 Å². The van der Waals surface area contributed by atoms with Gasteiger partial charge in [0.25, 0.3) is 0 Å². The third-order valence-corrected chi connectivity index (χ3v) is 7.98. The Morgan fingerprint density at radius 1 is 1.18 bits per heavy atom. The molecule has 0 aliphatic heterocycles. The van der Waals surface area contributed by atoms with Crippen molar-refractivity contribution >= 4 is 10.0 Å². The summed E-state index contributed by atoms with van der Waals surface area (Å²) in [5, 5.41) is 0.618. The highest BCUT2D eigenvalue weighted by atomic mass is 32.3. The number of hydrogen-bond donors (Lipinski definition) is 0. The molecule has 0 amide bonds. The van der Waals surface area contributed by atoms with E-state index in [9.17, 15) is 0 Å². The summed E-state index contributed by atoms with van der Waals surface area (Å²) in [6.45, 7) is 5.91. The maximum Gasteiger partial charge on any atom is 0.0148 e. The Hall–Kier alpha value is -1.73. The van der Waals surface area contributed by atoms with Gasteiger partial charge in [-0.25, -0.2) is 10.0 Å². The molecule has 1 aliphatic carbocycles. The molecule has 2 unspecified atom stereocenters. The molecule has 0 aromatic heterocycles.